The van der Waals surface area contributed by atoms with E-state index in [0.29, 0.717) is 120 Å². The highest BCUT2D eigenvalue weighted by Gasteiger charge is 2.51. The van der Waals surface area contributed by atoms with Crippen LogP contribution < -0.4 is 15.5 Å². The van der Waals surface area contributed by atoms with Crippen molar-refractivity contribution in [2.75, 3.05) is 27.4 Å². The summed E-state index contributed by atoms with van der Waals surface area (Å²) in [5.74, 6) is -0.157. The number of alkyl halides is 1. The van der Waals surface area contributed by atoms with E-state index in [1.54, 1.807) is 164 Å². The average molecular weight is 1720 g/mol. The molecule has 1 heterocycles. The lowest BCUT2D eigenvalue weighted by molar-refractivity contribution is 0.0656. The van der Waals surface area contributed by atoms with E-state index < -0.39 is 11.8 Å². The minimum absolute atomic E-state index is 0.0210. The summed E-state index contributed by atoms with van der Waals surface area (Å²) in [6.07, 6.45) is 2.44. The van der Waals surface area contributed by atoms with Crippen LogP contribution in [0.5, 0.6) is 0 Å². The van der Waals surface area contributed by atoms with Crippen molar-refractivity contribution in [2.45, 2.75) is 32.4 Å². The Morgan fingerprint density at radius 2 is 0.856 bits per heavy atom. The maximum atomic E-state index is 13.4. The number of aryl methyl sites for hydroxylation is 1. The van der Waals surface area contributed by atoms with Gasteiger partial charge in [-0.15, -0.1) is 0 Å². The SMILES string of the molecule is CC(=O)c1cc(Cl)cc(Br)c1.Nc1ccc(Cl)cc1.O=C=Nc1ccc(Cl)cc1.[C-]#[N+]c1cc(Cl)cc(C(=O)CBr)c1.[C-]#[N+]c1cc(Cl)cc(C(=O)CCc2ccc(Cl)cc2)c1.[C-]#[N+]c1cc(Cl)cc(C(C)=O)c1.[C-]#[N+]c1cc(Cl)cc(C2(O)CN(c3ccc(Cl)cc3)C(=O)N2c2ccc(Cl)cc2)c1. The summed E-state index contributed by atoms with van der Waals surface area (Å²) >= 11 is 64.4. The standard InChI is InChI=1S/C22H14Cl3N3O2.C16H11Cl2NO.C9H5BrClNO.C9H6ClNO.C8H6BrClO.C7H4ClNO.C6H6ClN/c1-26-18-11-14(10-17(25)12-18)22(30)13-27(19-6-2-15(23)3-7-19)21(29)28(22)20-8-4-16(24)5-9-20;1-19-15-9-12(8-14(18)10-15)16(20)7-4-11-2-5-13(17)6-3-11;1-12-8-3-6(9(13)5-10)2-7(11)4-8;1-6(12)7-3-8(10)5-9(4-7)11-2;1-5(11)6-2-7(9)4-8(10)3-6;8-6-1-3-7(4-2-6)9-5-10;7-5-1-3-6(8)4-2-5/h2-12,30H,13H2;2-3,5-6,8-10H,4,7H2;2-4H,5H2;3-5H,1H3;2-4H,1H3;1-4H;1-4H,8H2. The molecule has 1 fully saturated rings. The van der Waals surface area contributed by atoms with E-state index in [9.17, 15) is 33.9 Å². The van der Waals surface area contributed by atoms with Crippen molar-refractivity contribution in [3.05, 3.63) is 346 Å². The molecule has 1 unspecified atom stereocenters. The Bertz CT molecular complexity index is 4910. The normalized spacial score (nSPS) is 12.0. The van der Waals surface area contributed by atoms with Crippen LogP contribution in [0.15, 0.2) is 222 Å². The summed E-state index contributed by atoms with van der Waals surface area (Å²) in [7, 11) is 0. The predicted molar refractivity (Wildman–Crippen MR) is 429 cm³/mol. The first-order chi connectivity index (χ1) is 49.4. The lowest BCUT2D eigenvalue weighted by atomic mass is 10.0. The molecule has 0 aromatic heterocycles. The highest BCUT2D eigenvalue weighted by molar-refractivity contribution is 9.10. The zero-order valence-electron chi connectivity index (χ0n) is 54.2. The van der Waals surface area contributed by atoms with Crippen molar-refractivity contribution < 1.29 is 33.9 Å². The van der Waals surface area contributed by atoms with Crippen LogP contribution in [0.25, 0.3) is 19.4 Å². The number of benzene rings is 10. The molecule has 0 bridgehead atoms. The second-order valence-corrected chi connectivity index (χ2v) is 27.2. The van der Waals surface area contributed by atoms with Gasteiger partial charge in [0.15, 0.2) is 51.6 Å². The number of amides is 2. The number of ketones is 4. The van der Waals surface area contributed by atoms with E-state index in [0.717, 1.165) is 20.7 Å². The lowest BCUT2D eigenvalue weighted by Crippen LogP contribution is -2.44. The van der Waals surface area contributed by atoms with E-state index in [2.05, 4.69) is 56.2 Å². The topological polar surface area (TPSA) is 185 Å². The highest BCUT2D eigenvalue weighted by Crippen LogP contribution is 2.42. The molecule has 11 rings (SSSR count). The Morgan fingerprint density at radius 3 is 1.27 bits per heavy atom. The van der Waals surface area contributed by atoms with Crippen LogP contribution in [0.2, 0.25) is 50.2 Å². The van der Waals surface area contributed by atoms with Crippen molar-refractivity contribution in [3.63, 3.8) is 0 Å². The van der Waals surface area contributed by atoms with Crippen LogP contribution in [0.3, 0.4) is 0 Å². The first-order valence-corrected chi connectivity index (χ1v) is 35.4. The molecule has 0 radical (unpaired) electrons. The number of aliphatic hydroxyl groups is 1. The Hall–Kier alpha value is -8.89. The average Bonchev–Trinajstić information content (AvgIpc) is 1.58. The molecule has 0 aliphatic carbocycles. The molecule has 1 aliphatic rings. The van der Waals surface area contributed by atoms with Gasteiger partial charge in [0.05, 0.1) is 43.9 Å². The number of rotatable bonds is 12. The maximum Gasteiger partial charge on any atom is 0.331 e. The molecule has 10 aromatic carbocycles. The fraction of sp³-hybridized carbons (Fsp3) is 0.0909. The van der Waals surface area contributed by atoms with Crippen molar-refractivity contribution in [1.29, 1.82) is 0 Å². The van der Waals surface area contributed by atoms with Gasteiger partial charge < -0.3 is 10.8 Å². The zero-order valence-corrected chi connectivity index (χ0v) is 64.9. The van der Waals surface area contributed by atoms with Gasteiger partial charge in [-0.3, -0.25) is 29.0 Å². The van der Waals surface area contributed by atoms with Gasteiger partial charge in [-0.25, -0.2) is 29.0 Å². The smallest absolute Gasteiger partial charge is 0.331 e. The molecule has 104 heavy (non-hydrogen) atoms. The molecule has 15 nitrogen and oxygen atoms in total. The molecule has 2 amide bonds. The molecule has 1 atom stereocenters. The minimum Gasteiger partial charge on any atom is -0.399 e. The number of isocyanates is 1. The molecular weight excluding hydrogens is 1660 g/mol. The Kier molecular flexibility index (Phi) is 35.3. The number of nitrogens with zero attached hydrogens (tertiary/aromatic N) is 7. The van der Waals surface area contributed by atoms with Crippen molar-refractivity contribution in [3.8, 4) is 0 Å². The van der Waals surface area contributed by atoms with Gasteiger partial charge in [0.1, 0.15) is 0 Å². The van der Waals surface area contributed by atoms with Crippen LogP contribution in [-0.2, 0) is 16.9 Å². The minimum atomic E-state index is -1.77. The highest BCUT2D eigenvalue weighted by atomic mass is 79.9. The molecule has 1 aliphatic heterocycles. The molecule has 0 saturated carbocycles. The molecule has 10 aromatic rings. The third-order valence-corrected chi connectivity index (χ3v) is 17.1. The fourth-order valence-corrected chi connectivity index (χ4v) is 11.6. The van der Waals surface area contributed by atoms with Gasteiger partial charge in [0.2, 0.25) is 6.08 Å². The predicted octanol–water partition coefficient (Wildman–Crippen LogP) is 25.9. The molecular formula is C77H52Br2Cl10N8O7. The van der Waals surface area contributed by atoms with Crippen LogP contribution in [0, 0.1) is 26.3 Å². The van der Waals surface area contributed by atoms with Crippen molar-refractivity contribution in [1.82, 2.24) is 0 Å². The van der Waals surface area contributed by atoms with Gasteiger partial charge in [-0.1, -0.05) is 160 Å². The Morgan fingerprint density at radius 1 is 0.490 bits per heavy atom. The number of hydrogen-bond acceptors (Lipinski definition) is 9. The van der Waals surface area contributed by atoms with E-state index in [1.165, 1.54) is 66.1 Å². The monoisotopic (exact) mass is 1710 g/mol. The summed E-state index contributed by atoms with van der Waals surface area (Å²) in [6.45, 7) is 30.7. The number of hydrogen-bond donors (Lipinski definition) is 2. The summed E-state index contributed by atoms with van der Waals surface area (Å²) in [5.41, 5.74) is 10.8. The number of nitrogen functional groups attached to an aromatic ring is 1. The summed E-state index contributed by atoms with van der Waals surface area (Å²) in [4.78, 5) is 87.5. The van der Waals surface area contributed by atoms with Gasteiger partial charge in [0, 0.05) is 100 Å². The van der Waals surface area contributed by atoms with Crippen LogP contribution >= 0.6 is 148 Å². The van der Waals surface area contributed by atoms with Crippen molar-refractivity contribution >= 4 is 229 Å². The maximum absolute atomic E-state index is 13.4. The number of nitrogens with two attached hydrogens (primary N) is 1. The number of halogens is 12. The first-order valence-electron chi connectivity index (χ1n) is 29.7. The fourth-order valence-electron chi connectivity index (χ4n) is 8.82. The van der Waals surface area contributed by atoms with Crippen LogP contribution in [0.1, 0.15) is 72.8 Å². The van der Waals surface area contributed by atoms with Gasteiger partial charge in [-0.05, 0) is 232 Å². The van der Waals surface area contributed by atoms with Gasteiger partial charge in [-0.2, -0.15) is 4.99 Å². The van der Waals surface area contributed by atoms with Crippen LogP contribution in [0.4, 0.5) is 50.3 Å². The number of aliphatic imine (C=N–C) groups is 1. The second kappa shape index (κ2) is 42.8. The van der Waals surface area contributed by atoms with E-state index in [1.807, 2.05) is 12.1 Å². The molecule has 3 N–H and O–H groups in total. The zero-order chi connectivity index (χ0) is 76.8. The van der Waals surface area contributed by atoms with Crippen molar-refractivity contribution in [2.24, 2.45) is 4.99 Å². The Balaban J connectivity index is 0.000000230. The number of carbonyl (C=O) groups excluding carboxylic acids is 6. The molecule has 1 saturated heterocycles. The number of anilines is 3. The molecule has 526 valence electrons. The first kappa shape index (κ1) is 85.8. The summed E-state index contributed by atoms with van der Waals surface area (Å²) in [5, 5.41) is 17.2. The molecule has 27 heteroatoms. The van der Waals surface area contributed by atoms with E-state index >= 15 is 0 Å². The summed E-state index contributed by atoms with van der Waals surface area (Å²) < 4.78 is 0.829. The van der Waals surface area contributed by atoms with Gasteiger partial charge in [0.25, 0.3) is 0 Å². The van der Waals surface area contributed by atoms with E-state index in [-0.39, 0.29) is 40.7 Å². The number of β-amino-alcohol motifs (C(OH)–C–C–N with tert-alkyl or cyclic N) is 1. The number of urea groups is 1. The third-order valence-electron chi connectivity index (χ3n) is 13.8. The summed E-state index contributed by atoms with van der Waals surface area (Å²) in [6, 6.07) is 57.6. The Labute approximate surface area is 667 Å². The number of carbonyl (C=O) groups is 5. The lowest BCUT2D eigenvalue weighted by Gasteiger charge is -2.32. The molecule has 0 spiro atoms. The quantitative estimate of drug-likeness (QED) is 0.0302. The number of Topliss-reactive ketones (excluding diaryl/α,β-unsaturated/α-hetero) is 4. The largest absolute Gasteiger partial charge is 0.399 e. The van der Waals surface area contributed by atoms with Gasteiger partial charge >= 0.3 is 6.03 Å². The van der Waals surface area contributed by atoms with Crippen LogP contribution in [-0.4, -0.2) is 52.2 Å². The second-order valence-electron chi connectivity index (χ2n) is 21.3. The van der Waals surface area contributed by atoms with E-state index in [4.69, 9.17) is 148 Å². The third kappa shape index (κ3) is 28.0.